The Morgan fingerprint density at radius 1 is 1.64 bits per heavy atom. The van der Waals surface area contributed by atoms with Gasteiger partial charge in [-0.05, 0) is 13.6 Å². The van der Waals surface area contributed by atoms with Crippen LogP contribution in [0.4, 0.5) is 0 Å². The molecule has 1 aromatic heterocycles. The highest BCUT2D eigenvalue weighted by atomic mass is 15.2. The van der Waals surface area contributed by atoms with Crippen LogP contribution in [0.25, 0.3) is 0 Å². The first-order valence-corrected chi connectivity index (χ1v) is 3.88. The van der Waals surface area contributed by atoms with Gasteiger partial charge < -0.3 is 4.90 Å². The number of aromatic nitrogens is 2. The van der Waals surface area contributed by atoms with E-state index in [9.17, 15) is 0 Å². The molecule has 1 rings (SSSR count). The highest BCUT2D eigenvalue weighted by Crippen LogP contribution is 1.99. The van der Waals surface area contributed by atoms with Gasteiger partial charge in [-0.3, -0.25) is 4.68 Å². The van der Waals surface area contributed by atoms with Crippen LogP contribution in [-0.2, 0) is 13.6 Å². The Hall–Kier alpha value is -0.830. The van der Waals surface area contributed by atoms with E-state index in [1.54, 1.807) is 0 Å². The second-order valence-electron chi connectivity index (χ2n) is 2.85. The van der Waals surface area contributed by atoms with E-state index >= 15 is 0 Å². The molecule has 0 atom stereocenters. The Morgan fingerprint density at radius 3 is 2.82 bits per heavy atom. The van der Waals surface area contributed by atoms with Gasteiger partial charge >= 0.3 is 0 Å². The fourth-order valence-corrected chi connectivity index (χ4v) is 0.977. The van der Waals surface area contributed by atoms with Crippen LogP contribution in [0, 0.1) is 0 Å². The van der Waals surface area contributed by atoms with Crippen molar-refractivity contribution in [3.8, 4) is 0 Å². The van der Waals surface area contributed by atoms with Gasteiger partial charge in [0.15, 0.2) is 0 Å². The molecule has 0 fully saturated rings. The smallest absolute Gasteiger partial charge is 0.0534 e. The van der Waals surface area contributed by atoms with Crippen LogP contribution in [0.2, 0.25) is 0 Å². The molecule has 0 radical (unpaired) electrons. The lowest BCUT2D eigenvalue weighted by Gasteiger charge is -2.11. The number of hydrogen-bond donors (Lipinski definition) is 0. The van der Waals surface area contributed by atoms with E-state index in [0.29, 0.717) is 0 Å². The maximum atomic E-state index is 4.09. The largest absolute Gasteiger partial charge is 0.302 e. The minimum Gasteiger partial charge on any atom is -0.302 e. The molecule has 1 heterocycles. The lowest BCUT2D eigenvalue weighted by atomic mass is 10.3. The van der Waals surface area contributed by atoms with Gasteiger partial charge in [0.05, 0.1) is 6.20 Å². The van der Waals surface area contributed by atoms with Gasteiger partial charge in [0, 0.05) is 25.4 Å². The number of rotatable bonds is 3. The standard InChI is InChI=1S/C8H15N3/c1-4-10(2)6-8-5-9-11(3)7-8/h5,7H,4,6H2,1-3H3. The average molecular weight is 153 g/mol. The summed E-state index contributed by atoms with van der Waals surface area (Å²) in [6.45, 7) is 4.22. The second kappa shape index (κ2) is 3.53. The van der Waals surface area contributed by atoms with Crippen molar-refractivity contribution in [2.75, 3.05) is 13.6 Å². The van der Waals surface area contributed by atoms with E-state index in [2.05, 4.69) is 24.0 Å². The van der Waals surface area contributed by atoms with Crippen molar-refractivity contribution in [1.82, 2.24) is 14.7 Å². The molecule has 0 bridgehead atoms. The molecule has 0 saturated heterocycles. The quantitative estimate of drug-likeness (QED) is 0.642. The summed E-state index contributed by atoms with van der Waals surface area (Å²) in [6.07, 6.45) is 3.96. The van der Waals surface area contributed by atoms with Gasteiger partial charge in [0.25, 0.3) is 0 Å². The van der Waals surface area contributed by atoms with Crippen molar-refractivity contribution in [1.29, 1.82) is 0 Å². The molecule has 0 N–H and O–H groups in total. The third kappa shape index (κ3) is 2.35. The van der Waals surface area contributed by atoms with Gasteiger partial charge in [-0.2, -0.15) is 5.10 Å². The van der Waals surface area contributed by atoms with E-state index in [-0.39, 0.29) is 0 Å². The highest BCUT2D eigenvalue weighted by Gasteiger charge is 1.98. The Balaban J connectivity index is 2.50. The molecule has 62 valence electrons. The van der Waals surface area contributed by atoms with Gasteiger partial charge in [0.1, 0.15) is 0 Å². The summed E-state index contributed by atoms with van der Waals surface area (Å²) in [5, 5.41) is 4.09. The molecular formula is C8H15N3. The minimum absolute atomic E-state index is 0.990. The van der Waals surface area contributed by atoms with E-state index in [0.717, 1.165) is 13.1 Å². The molecule has 0 aliphatic rings. The molecule has 0 aliphatic carbocycles. The summed E-state index contributed by atoms with van der Waals surface area (Å²) in [4.78, 5) is 2.25. The zero-order valence-corrected chi connectivity index (χ0v) is 7.41. The molecule has 3 nitrogen and oxygen atoms in total. The molecule has 1 aromatic rings. The average Bonchev–Trinajstić information content (AvgIpc) is 2.35. The first kappa shape index (κ1) is 8.27. The molecule has 0 aliphatic heterocycles. The normalized spacial score (nSPS) is 10.9. The van der Waals surface area contributed by atoms with Gasteiger partial charge in [-0.15, -0.1) is 0 Å². The molecule has 11 heavy (non-hydrogen) atoms. The molecule has 0 spiro atoms. The number of nitrogens with zero attached hydrogens (tertiary/aromatic N) is 3. The molecule has 0 saturated carbocycles. The maximum Gasteiger partial charge on any atom is 0.0534 e. The minimum atomic E-state index is 0.990. The molecular weight excluding hydrogens is 138 g/mol. The third-order valence-electron chi connectivity index (χ3n) is 1.75. The topological polar surface area (TPSA) is 21.1 Å². The molecule has 3 heteroatoms. The lowest BCUT2D eigenvalue weighted by Crippen LogP contribution is -2.16. The lowest BCUT2D eigenvalue weighted by molar-refractivity contribution is 0.345. The van der Waals surface area contributed by atoms with Crippen LogP contribution >= 0.6 is 0 Å². The van der Waals surface area contributed by atoms with Crippen molar-refractivity contribution >= 4 is 0 Å². The van der Waals surface area contributed by atoms with Gasteiger partial charge in [-0.1, -0.05) is 6.92 Å². The Bertz CT molecular complexity index is 217. The third-order valence-corrected chi connectivity index (χ3v) is 1.75. The highest BCUT2D eigenvalue weighted by molar-refractivity contribution is 5.02. The van der Waals surface area contributed by atoms with Crippen molar-refractivity contribution in [3.05, 3.63) is 18.0 Å². The predicted octanol–water partition coefficient (Wildman–Crippen LogP) is 0.872. The number of aryl methyl sites for hydroxylation is 1. The van der Waals surface area contributed by atoms with E-state index in [1.165, 1.54) is 5.56 Å². The van der Waals surface area contributed by atoms with Gasteiger partial charge in [0.2, 0.25) is 0 Å². The Labute approximate surface area is 67.6 Å². The summed E-state index contributed by atoms with van der Waals surface area (Å²) >= 11 is 0. The van der Waals surface area contributed by atoms with Gasteiger partial charge in [-0.25, -0.2) is 0 Å². The summed E-state index contributed by atoms with van der Waals surface area (Å²) in [5.74, 6) is 0. The predicted molar refractivity (Wildman–Crippen MR) is 45.2 cm³/mol. The molecule has 0 unspecified atom stereocenters. The molecule has 0 aromatic carbocycles. The first-order chi connectivity index (χ1) is 5.22. The van der Waals surface area contributed by atoms with E-state index in [1.807, 2.05) is 24.1 Å². The fourth-order valence-electron chi connectivity index (χ4n) is 0.977. The fraction of sp³-hybridized carbons (Fsp3) is 0.625. The van der Waals surface area contributed by atoms with E-state index in [4.69, 9.17) is 0 Å². The van der Waals surface area contributed by atoms with Crippen LogP contribution in [0.1, 0.15) is 12.5 Å². The SMILES string of the molecule is CCN(C)Cc1cnn(C)c1. The number of hydrogen-bond acceptors (Lipinski definition) is 2. The summed E-state index contributed by atoms with van der Waals surface area (Å²) in [7, 11) is 4.04. The zero-order chi connectivity index (χ0) is 8.27. The van der Waals surface area contributed by atoms with Crippen molar-refractivity contribution in [3.63, 3.8) is 0 Å². The van der Waals surface area contributed by atoms with Crippen molar-refractivity contribution in [2.45, 2.75) is 13.5 Å². The summed E-state index contributed by atoms with van der Waals surface area (Å²) in [5.41, 5.74) is 1.27. The summed E-state index contributed by atoms with van der Waals surface area (Å²) in [6, 6.07) is 0. The Kier molecular flexibility index (Phi) is 2.65. The second-order valence-corrected chi connectivity index (χ2v) is 2.85. The summed E-state index contributed by atoms with van der Waals surface area (Å²) < 4.78 is 1.83. The van der Waals surface area contributed by atoms with Crippen molar-refractivity contribution in [2.24, 2.45) is 7.05 Å². The van der Waals surface area contributed by atoms with Crippen LogP contribution in [0.5, 0.6) is 0 Å². The van der Waals surface area contributed by atoms with Crippen LogP contribution in [-0.4, -0.2) is 28.3 Å². The maximum absolute atomic E-state index is 4.09. The van der Waals surface area contributed by atoms with Crippen LogP contribution < -0.4 is 0 Å². The van der Waals surface area contributed by atoms with Crippen LogP contribution in [0.3, 0.4) is 0 Å². The first-order valence-electron chi connectivity index (χ1n) is 3.88. The van der Waals surface area contributed by atoms with Crippen molar-refractivity contribution < 1.29 is 0 Å². The Morgan fingerprint density at radius 2 is 2.36 bits per heavy atom. The van der Waals surface area contributed by atoms with Crippen LogP contribution in [0.15, 0.2) is 12.4 Å². The molecule has 0 amide bonds. The zero-order valence-electron chi connectivity index (χ0n) is 7.41. The monoisotopic (exact) mass is 153 g/mol. The van der Waals surface area contributed by atoms with E-state index < -0.39 is 0 Å².